The van der Waals surface area contributed by atoms with Crippen LogP contribution in [0.5, 0.6) is 0 Å². The average Bonchev–Trinajstić information content (AvgIpc) is 2.23. The molecule has 1 rings (SSSR count). The van der Waals surface area contributed by atoms with Gasteiger partial charge in [-0.05, 0) is 30.6 Å². The summed E-state index contributed by atoms with van der Waals surface area (Å²) in [6, 6.07) is -1.92. The van der Waals surface area contributed by atoms with Crippen molar-refractivity contribution in [1.82, 2.24) is 5.32 Å². The maximum Gasteiger partial charge on any atom is 0.391 e. The van der Waals surface area contributed by atoms with Crippen molar-refractivity contribution in [2.24, 2.45) is 17.3 Å². The maximum absolute atomic E-state index is 12.3. The van der Waals surface area contributed by atoms with Gasteiger partial charge in [0.15, 0.2) is 0 Å². The molecule has 1 amide bonds. The Bertz CT molecular complexity index is 407. The lowest BCUT2D eigenvalue weighted by Crippen LogP contribution is -2.47. The van der Waals surface area contributed by atoms with Crippen LogP contribution in [0.2, 0.25) is 0 Å². The fourth-order valence-electron chi connectivity index (χ4n) is 3.27. The summed E-state index contributed by atoms with van der Waals surface area (Å²) in [4.78, 5) is 23.0. The van der Waals surface area contributed by atoms with Crippen LogP contribution in [0.1, 0.15) is 46.5 Å². The molecule has 2 N–H and O–H groups in total. The Labute approximate surface area is 122 Å². The molecule has 122 valence electrons. The molecule has 3 atom stereocenters. The lowest BCUT2D eigenvalue weighted by atomic mass is 9.68. The summed E-state index contributed by atoms with van der Waals surface area (Å²) in [5.74, 6) is -2.40. The molecule has 7 heteroatoms. The fourth-order valence-corrected chi connectivity index (χ4v) is 3.27. The summed E-state index contributed by atoms with van der Waals surface area (Å²) < 4.78 is 37.0. The number of nitrogens with one attached hydrogen (secondary N) is 1. The van der Waals surface area contributed by atoms with Gasteiger partial charge in [-0.25, -0.2) is 4.79 Å². The lowest BCUT2D eigenvalue weighted by molar-refractivity contribution is -0.160. The molecule has 1 saturated carbocycles. The molecule has 0 heterocycles. The number of hydrogen-bond acceptors (Lipinski definition) is 2. The molecular weight excluding hydrogens is 287 g/mol. The van der Waals surface area contributed by atoms with E-state index in [1.54, 1.807) is 0 Å². The SMILES string of the molecule is CC1CC(C(=O)NC(CC(F)(F)F)C(=O)O)CC(C)(C)C1. The van der Waals surface area contributed by atoms with Gasteiger partial charge >= 0.3 is 12.1 Å². The van der Waals surface area contributed by atoms with E-state index in [9.17, 15) is 22.8 Å². The van der Waals surface area contributed by atoms with E-state index >= 15 is 0 Å². The third-order valence-electron chi connectivity index (χ3n) is 3.81. The van der Waals surface area contributed by atoms with Crippen molar-refractivity contribution in [3.63, 3.8) is 0 Å². The number of carboxylic acid groups (broad SMARTS) is 1. The third kappa shape index (κ3) is 5.93. The van der Waals surface area contributed by atoms with Crippen LogP contribution < -0.4 is 5.32 Å². The van der Waals surface area contributed by atoms with E-state index in [-0.39, 0.29) is 11.3 Å². The Morgan fingerprint density at radius 2 is 1.90 bits per heavy atom. The van der Waals surface area contributed by atoms with Crippen LogP contribution in [-0.4, -0.2) is 29.2 Å². The zero-order valence-electron chi connectivity index (χ0n) is 12.5. The second kappa shape index (κ2) is 6.23. The van der Waals surface area contributed by atoms with Crippen LogP contribution >= 0.6 is 0 Å². The van der Waals surface area contributed by atoms with E-state index in [0.29, 0.717) is 12.8 Å². The molecule has 0 aromatic rings. The Hall–Kier alpha value is -1.27. The highest BCUT2D eigenvalue weighted by molar-refractivity contribution is 5.85. The highest BCUT2D eigenvalue weighted by Crippen LogP contribution is 2.41. The normalized spacial score (nSPS) is 27.0. The molecule has 0 radical (unpaired) electrons. The Morgan fingerprint density at radius 3 is 2.33 bits per heavy atom. The molecule has 0 aliphatic heterocycles. The standard InChI is InChI=1S/C14H22F3NO3/c1-8-4-9(6-13(2,3)5-8)11(19)18-10(12(20)21)7-14(15,16)17/h8-10H,4-7H2,1-3H3,(H,18,19)(H,20,21). The van der Waals surface area contributed by atoms with Gasteiger partial charge in [-0.3, -0.25) is 4.79 Å². The zero-order chi connectivity index (χ0) is 16.4. The predicted molar refractivity (Wildman–Crippen MR) is 70.5 cm³/mol. The minimum Gasteiger partial charge on any atom is -0.480 e. The van der Waals surface area contributed by atoms with Crippen molar-refractivity contribution in [1.29, 1.82) is 0 Å². The first-order valence-corrected chi connectivity index (χ1v) is 6.99. The fraction of sp³-hybridized carbons (Fsp3) is 0.857. The van der Waals surface area contributed by atoms with Gasteiger partial charge in [0.25, 0.3) is 0 Å². The van der Waals surface area contributed by atoms with Crippen molar-refractivity contribution < 1.29 is 27.9 Å². The molecular formula is C14H22F3NO3. The van der Waals surface area contributed by atoms with Crippen molar-refractivity contribution >= 4 is 11.9 Å². The molecule has 0 aromatic carbocycles. The number of aliphatic carboxylic acids is 1. The molecule has 0 aromatic heterocycles. The van der Waals surface area contributed by atoms with Gasteiger partial charge in [-0.1, -0.05) is 20.8 Å². The summed E-state index contributed by atoms with van der Waals surface area (Å²) >= 11 is 0. The highest BCUT2D eigenvalue weighted by Gasteiger charge is 2.39. The summed E-state index contributed by atoms with van der Waals surface area (Å²) in [7, 11) is 0. The topological polar surface area (TPSA) is 66.4 Å². The molecule has 0 saturated heterocycles. The lowest BCUT2D eigenvalue weighted by Gasteiger charge is -2.38. The van der Waals surface area contributed by atoms with E-state index in [1.807, 2.05) is 26.1 Å². The number of hydrogen-bond donors (Lipinski definition) is 2. The van der Waals surface area contributed by atoms with Crippen LogP contribution in [0.25, 0.3) is 0 Å². The number of carboxylic acids is 1. The smallest absolute Gasteiger partial charge is 0.391 e. The Kier molecular flexibility index (Phi) is 5.28. The molecule has 1 aliphatic rings. The summed E-state index contributed by atoms with van der Waals surface area (Å²) in [5, 5.41) is 10.9. The number of halogens is 3. The maximum atomic E-state index is 12.3. The van der Waals surface area contributed by atoms with E-state index in [0.717, 1.165) is 6.42 Å². The van der Waals surface area contributed by atoms with Gasteiger partial charge in [-0.2, -0.15) is 13.2 Å². The number of rotatable bonds is 4. The summed E-state index contributed by atoms with van der Waals surface area (Å²) in [5.41, 5.74) is -0.0670. The number of alkyl halides is 3. The van der Waals surface area contributed by atoms with Gasteiger partial charge in [0.2, 0.25) is 5.91 Å². The van der Waals surface area contributed by atoms with E-state index in [4.69, 9.17) is 5.11 Å². The predicted octanol–water partition coefficient (Wildman–Crippen LogP) is 2.97. The van der Waals surface area contributed by atoms with Gasteiger partial charge < -0.3 is 10.4 Å². The molecule has 1 fully saturated rings. The van der Waals surface area contributed by atoms with Gasteiger partial charge in [-0.15, -0.1) is 0 Å². The molecule has 1 aliphatic carbocycles. The summed E-state index contributed by atoms with van der Waals surface area (Å²) in [6.45, 7) is 6.01. The molecule has 0 bridgehead atoms. The van der Waals surface area contributed by atoms with E-state index in [1.165, 1.54) is 0 Å². The van der Waals surface area contributed by atoms with Crippen LogP contribution in [0.4, 0.5) is 13.2 Å². The average molecular weight is 309 g/mol. The molecule has 4 nitrogen and oxygen atoms in total. The second-order valence-electron chi connectivity index (χ2n) is 6.83. The monoisotopic (exact) mass is 309 g/mol. The van der Waals surface area contributed by atoms with Crippen LogP contribution in [0.3, 0.4) is 0 Å². The minimum absolute atomic E-state index is 0.0670. The van der Waals surface area contributed by atoms with E-state index < -0.39 is 36.4 Å². The number of amides is 1. The van der Waals surface area contributed by atoms with Crippen LogP contribution in [0, 0.1) is 17.3 Å². The van der Waals surface area contributed by atoms with Crippen molar-refractivity contribution in [3.8, 4) is 0 Å². The van der Waals surface area contributed by atoms with Crippen LogP contribution in [-0.2, 0) is 9.59 Å². The van der Waals surface area contributed by atoms with Crippen molar-refractivity contribution in [3.05, 3.63) is 0 Å². The first-order valence-electron chi connectivity index (χ1n) is 6.99. The van der Waals surface area contributed by atoms with Crippen molar-refractivity contribution in [2.45, 2.75) is 58.7 Å². The van der Waals surface area contributed by atoms with Gasteiger partial charge in [0.1, 0.15) is 6.04 Å². The van der Waals surface area contributed by atoms with Crippen LogP contribution in [0.15, 0.2) is 0 Å². The molecule has 21 heavy (non-hydrogen) atoms. The van der Waals surface area contributed by atoms with Gasteiger partial charge in [0.05, 0.1) is 6.42 Å². The number of carbonyl (C=O) groups excluding carboxylic acids is 1. The summed E-state index contributed by atoms with van der Waals surface area (Å²) in [6.07, 6.45) is -4.11. The second-order valence-corrected chi connectivity index (χ2v) is 6.83. The first-order chi connectivity index (χ1) is 9.39. The van der Waals surface area contributed by atoms with Gasteiger partial charge in [0, 0.05) is 5.92 Å². The Morgan fingerprint density at radius 1 is 1.33 bits per heavy atom. The van der Waals surface area contributed by atoms with E-state index in [2.05, 4.69) is 0 Å². The zero-order valence-corrected chi connectivity index (χ0v) is 12.5. The Balaban J connectivity index is 2.71. The van der Waals surface area contributed by atoms with Crippen molar-refractivity contribution in [2.75, 3.05) is 0 Å². The quantitative estimate of drug-likeness (QED) is 0.839. The third-order valence-corrected chi connectivity index (χ3v) is 3.81. The minimum atomic E-state index is -4.63. The highest BCUT2D eigenvalue weighted by atomic mass is 19.4. The largest absolute Gasteiger partial charge is 0.480 e. The molecule has 0 spiro atoms. The first kappa shape index (κ1) is 17.8. The molecule has 3 unspecified atom stereocenters. The number of carbonyl (C=O) groups is 2.